The molecule has 106 valence electrons. The minimum absolute atomic E-state index is 0.145. The van der Waals surface area contributed by atoms with Gasteiger partial charge in [-0.2, -0.15) is 13.2 Å². The number of aromatic nitrogens is 1. The molecule has 1 atom stereocenters. The third kappa shape index (κ3) is 5.45. The first-order valence-corrected chi connectivity index (χ1v) is 5.32. The molecule has 1 heterocycles. The summed E-state index contributed by atoms with van der Waals surface area (Å²) in [6.07, 6.45) is -3.14. The Balaban J connectivity index is 2.54. The molecule has 0 aliphatic heterocycles. The topological polar surface area (TPSA) is 60.5 Å². The number of rotatable bonds is 5. The summed E-state index contributed by atoms with van der Waals surface area (Å²) in [6, 6.07) is 2.14. The van der Waals surface area contributed by atoms with E-state index in [4.69, 9.17) is 0 Å². The lowest BCUT2D eigenvalue weighted by molar-refractivity contribution is -0.154. The first-order valence-electron chi connectivity index (χ1n) is 5.32. The molecule has 19 heavy (non-hydrogen) atoms. The van der Waals surface area contributed by atoms with Gasteiger partial charge in [0.2, 0.25) is 5.88 Å². The molecular weight excluding hydrogens is 265 g/mol. The second kappa shape index (κ2) is 6.26. The van der Waals surface area contributed by atoms with E-state index >= 15 is 0 Å². The molecule has 1 rings (SSSR count). The molecular formula is C11H13F3N2O3. The number of anilines is 1. The van der Waals surface area contributed by atoms with Crippen LogP contribution in [0.2, 0.25) is 0 Å². The summed E-state index contributed by atoms with van der Waals surface area (Å²) < 4.78 is 44.7. The van der Waals surface area contributed by atoms with Crippen molar-refractivity contribution in [3.63, 3.8) is 0 Å². The van der Waals surface area contributed by atoms with E-state index in [2.05, 4.69) is 19.8 Å². The van der Waals surface area contributed by atoms with Gasteiger partial charge < -0.3 is 14.8 Å². The molecule has 8 heteroatoms. The van der Waals surface area contributed by atoms with Crippen LogP contribution in [0, 0.1) is 0 Å². The summed E-state index contributed by atoms with van der Waals surface area (Å²) in [5.74, 6) is -0.606. The average Bonchev–Trinajstić information content (AvgIpc) is 2.36. The van der Waals surface area contributed by atoms with E-state index in [9.17, 15) is 18.0 Å². The molecule has 0 radical (unpaired) electrons. The van der Waals surface area contributed by atoms with Gasteiger partial charge in [-0.05, 0) is 13.0 Å². The summed E-state index contributed by atoms with van der Waals surface area (Å²) >= 11 is 0. The lowest BCUT2D eigenvalue weighted by Gasteiger charge is -2.13. The Labute approximate surface area is 107 Å². The maximum atomic E-state index is 11.9. The first-order chi connectivity index (χ1) is 8.81. The highest BCUT2D eigenvalue weighted by Gasteiger charge is 2.28. The number of methoxy groups -OCH3 is 1. The Kier molecular flexibility index (Phi) is 4.96. The van der Waals surface area contributed by atoms with Gasteiger partial charge >= 0.3 is 12.1 Å². The normalized spacial score (nSPS) is 12.7. The number of nitrogens with zero attached hydrogens (tertiary/aromatic N) is 1. The molecule has 0 spiro atoms. The maximum absolute atomic E-state index is 11.9. The molecule has 5 nitrogen and oxygen atoms in total. The monoisotopic (exact) mass is 278 g/mol. The fourth-order valence-corrected chi connectivity index (χ4v) is 1.19. The van der Waals surface area contributed by atoms with Gasteiger partial charge in [-0.1, -0.05) is 0 Å². The van der Waals surface area contributed by atoms with Crippen LogP contribution >= 0.6 is 0 Å². The summed E-state index contributed by atoms with van der Waals surface area (Å²) in [6.45, 7) is 0.186. The van der Waals surface area contributed by atoms with Crippen molar-refractivity contribution in [3.05, 3.63) is 18.3 Å². The summed E-state index contributed by atoms with van der Waals surface area (Å²) in [7, 11) is 1.26. The summed E-state index contributed by atoms with van der Waals surface area (Å²) in [4.78, 5) is 14.8. The standard InChI is InChI=1S/C11H13F3N2O3/c1-7(10(17)18-2)16-8-3-4-9(15-5-8)19-6-11(12,13)14/h3-5,7,16H,6H2,1-2H3. The van der Waals surface area contributed by atoms with Crippen LogP contribution in [0.3, 0.4) is 0 Å². The van der Waals surface area contributed by atoms with Crippen LogP contribution < -0.4 is 10.1 Å². The van der Waals surface area contributed by atoms with Crippen molar-refractivity contribution in [1.29, 1.82) is 0 Å². The van der Waals surface area contributed by atoms with Crippen molar-refractivity contribution >= 4 is 11.7 Å². The molecule has 1 aromatic heterocycles. The molecule has 0 saturated heterocycles. The van der Waals surface area contributed by atoms with Gasteiger partial charge in [-0.15, -0.1) is 0 Å². The third-order valence-electron chi connectivity index (χ3n) is 2.06. The van der Waals surface area contributed by atoms with E-state index in [0.717, 1.165) is 0 Å². The van der Waals surface area contributed by atoms with E-state index in [-0.39, 0.29) is 5.88 Å². The minimum atomic E-state index is -4.40. The number of hydrogen-bond donors (Lipinski definition) is 1. The molecule has 1 unspecified atom stereocenters. The fraction of sp³-hybridized carbons (Fsp3) is 0.455. The molecule has 0 aromatic carbocycles. The van der Waals surface area contributed by atoms with Crippen LogP contribution in [0.15, 0.2) is 18.3 Å². The van der Waals surface area contributed by atoms with Gasteiger partial charge in [0.25, 0.3) is 0 Å². The van der Waals surface area contributed by atoms with Crippen molar-refractivity contribution in [1.82, 2.24) is 4.98 Å². The lowest BCUT2D eigenvalue weighted by Crippen LogP contribution is -2.27. The summed E-state index contributed by atoms with van der Waals surface area (Å²) in [5, 5.41) is 2.78. The van der Waals surface area contributed by atoms with Crippen LogP contribution in [0.4, 0.5) is 18.9 Å². The molecule has 0 fully saturated rings. The predicted molar refractivity (Wildman–Crippen MR) is 60.9 cm³/mol. The van der Waals surface area contributed by atoms with Gasteiger partial charge in [0.1, 0.15) is 6.04 Å². The van der Waals surface area contributed by atoms with E-state index in [1.807, 2.05) is 0 Å². The molecule has 0 saturated carbocycles. The van der Waals surface area contributed by atoms with E-state index in [1.165, 1.54) is 25.4 Å². The van der Waals surface area contributed by atoms with Gasteiger partial charge in [-0.3, -0.25) is 0 Å². The van der Waals surface area contributed by atoms with Gasteiger partial charge in [0, 0.05) is 6.07 Å². The zero-order valence-electron chi connectivity index (χ0n) is 10.3. The van der Waals surface area contributed by atoms with Crippen LogP contribution in [0.25, 0.3) is 0 Å². The second-order valence-electron chi connectivity index (χ2n) is 3.68. The third-order valence-corrected chi connectivity index (χ3v) is 2.06. The SMILES string of the molecule is COC(=O)C(C)Nc1ccc(OCC(F)(F)F)nc1. The summed E-state index contributed by atoms with van der Waals surface area (Å²) in [5.41, 5.74) is 0.470. The van der Waals surface area contributed by atoms with Crippen molar-refractivity contribution < 1.29 is 27.4 Å². The van der Waals surface area contributed by atoms with Gasteiger partial charge in [0.15, 0.2) is 6.61 Å². The first kappa shape index (κ1) is 15.1. The Morgan fingerprint density at radius 3 is 2.63 bits per heavy atom. The quantitative estimate of drug-likeness (QED) is 0.835. The van der Waals surface area contributed by atoms with Crippen LogP contribution in [-0.2, 0) is 9.53 Å². The molecule has 0 aliphatic rings. The Hall–Kier alpha value is -1.99. The van der Waals surface area contributed by atoms with Gasteiger partial charge in [0.05, 0.1) is 19.0 Å². The van der Waals surface area contributed by atoms with Crippen molar-refractivity contribution in [2.75, 3.05) is 19.0 Å². The maximum Gasteiger partial charge on any atom is 0.422 e. The zero-order chi connectivity index (χ0) is 14.5. The smallest absolute Gasteiger partial charge is 0.422 e. The molecule has 1 N–H and O–H groups in total. The fourth-order valence-electron chi connectivity index (χ4n) is 1.19. The Bertz CT molecular complexity index is 420. The number of alkyl halides is 3. The van der Waals surface area contributed by atoms with Crippen molar-refractivity contribution in [3.8, 4) is 5.88 Å². The number of carbonyl (C=O) groups is 1. The van der Waals surface area contributed by atoms with Gasteiger partial charge in [-0.25, -0.2) is 9.78 Å². The number of pyridine rings is 1. The zero-order valence-corrected chi connectivity index (χ0v) is 10.3. The predicted octanol–water partition coefficient (Wildman–Crippen LogP) is 2.00. The minimum Gasteiger partial charge on any atom is -0.468 e. The number of carbonyl (C=O) groups excluding carboxylic acids is 1. The molecule has 0 aliphatic carbocycles. The van der Waals surface area contributed by atoms with E-state index in [1.54, 1.807) is 6.92 Å². The van der Waals surface area contributed by atoms with E-state index < -0.39 is 24.8 Å². The molecule has 1 aromatic rings. The highest BCUT2D eigenvalue weighted by atomic mass is 19.4. The van der Waals surface area contributed by atoms with Crippen LogP contribution in [0.5, 0.6) is 5.88 Å². The largest absolute Gasteiger partial charge is 0.468 e. The highest BCUT2D eigenvalue weighted by Crippen LogP contribution is 2.18. The number of nitrogens with one attached hydrogen (secondary N) is 1. The average molecular weight is 278 g/mol. The number of halogens is 3. The van der Waals surface area contributed by atoms with Crippen molar-refractivity contribution in [2.24, 2.45) is 0 Å². The molecule has 0 bridgehead atoms. The second-order valence-corrected chi connectivity index (χ2v) is 3.68. The van der Waals surface area contributed by atoms with Crippen molar-refractivity contribution in [2.45, 2.75) is 19.1 Å². The van der Waals surface area contributed by atoms with Crippen LogP contribution in [0.1, 0.15) is 6.92 Å². The highest BCUT2D eigenvalue weighted by molar-refractivity contribution is 5.78. The lowest BCUT2D eigenvalue weighted by atomic mass is 10.3. The number of esters is 1. The number of ether oxygens (including phenoxy) is 2. The number of hydrogen-bond acceptors (Lipinski definition) is 5. The molecule has 0 amide bonds. The van der Waals surface area contributed by atoms with Crippen LogP contribution in [-0.4, -0.2) is 36.9 Å². The van der Waals surface area contributed by atoms with E-state index in [0.29, 0.717) is 5.69 Å². The Morgan fingerprint density at radius 1 is 1.47 bits per heavy atom. The Morgan fingerprint density at radius 2 is 2.16 bits per heavy atom.